The lowest BCUT2D eigenvalue weighted by Gasteiger charge is -2.52. The minimum atomic E-state index is -2.99. The van der Waals surface area contributed by atoms with E-state index in [0.29, 0.717) is 4.90 Å². The van der Waals surface area contributed by atoms with Gasteiger partial charge in [0.25, 0.3) is 5.91 Å². The lowest BCUT2D eigenvalue weighted by molar-refractivity contribution is -0.143. The molecule has 0 bridgehead atoms. The fourth-order valence-electron chi connectivity index (χ4n) is 10.3. The molecule has 35 nitrogen and oxygen atoms in total. The number of unbranched alkanes of at least 4 members (excludes halogenated alkanes) is 1. The maximum Gasteiger partial charge on any atom is 0.326 e. The van der Waals surface area contributed by atoms with Crippen molar-refractivity contribution in [1.82, 2.24) is 62.1 Å². The van der Waals surface area contributed by atoms with Crippen molar-refractivity contribution in [2.24, 2.45) is 0 Å². The predicted molar refractivity (Wildman–Crippen MR) is 344 cm³/mol. The van der Waals surface area contributed by atoms with Gasteiger partial charge in [-0.1, -0.05) is 10.4 Å². The molecule has 97 heavy (non-hydrogen) atoms. The Kier molecular flexibility index (Phi) is 35.9. The van der Waals surface area contributed by atoms with E-state index in [2.05, 4.69) is 31.9 Å². The average molecular weight is 1400 g/mol. The second-order valence-corrected chi connectivity index (χ2v) is 29.0. The van der Waals surface area contributed by atoms with Gasteiger partial charge < -0.3 is 83.4 Å². The maximum atomic E-state index is 17.1. The zero-order valence-electron chi connectivity index (χ0n) is 55.4. The Morgan fingerprint density at radius 2 is 0.784 bits per heavy atom. The van der Waals surface area contributed by atoms with Crippen LogP contribution in [0.2, 0.25) is 0 Å². The standard InChI is InChI=1S/C60H95FN12O23S/c1-59(2,3)97(61,60(4,5)6)38-14-12-37(13-15-38)52(86)64-32-43(66-47(77)33-70-24-26-71(34-49(80)81)28-30-73(36-51(84)85)31-29-72(27-25-70)35-50(82)83)53(87)67-40(55(90)91)10-7-8-22-62-44(74)19-20-45(75)63-23-9-11-39(54(88)89)65-46(76)18-16-41(56(92)93)68-58(96)69-42(57(94)95)17-21-48(78)79/h12-15,39-43H,7-11,16-36H2,1-6H3,(H,62,74)(H,63,75)(H,64,86)(H,65,76)(H,66,77)(H,67,87)(H,78,79)(H,80,81)(H,82,83)(H,84,85)(H,88,89)(H,90,91)(H,92,93)(H,94,95)(H2,68,69,96)/t39-,40?,41+,42+,43?/m1/s1. The molecule has 0 aliphatic carbocycles. The summed E-state index contributed by atoms with van der Waals surface area (Å²) in [4.78, 5) is 192. The average Bonchev–Trinajstić information content (AvgIpc) is 0.749. The van der Waals surface area contributed by atoms with Gasteiger partial charge in [-0.3, -0.25) is 67.5 Å². The van der Waals surface area contributed by atoms with Crippen LogP contribution in [0.3, 0.4) is 0 Å². The smallest absolute Gasteiger partial charge is 0.326 e. The molecule has 2 unspecified atom stereocenters. The van der Waals surface area contributed by atoms with E-state index in [4.69, 9.17) is 5.11 Å². The van der Waals surface area contributed by atoms with E-state index in [0.717, 1.165) is 0 Å². The molecule has 0 saturated carbocycles. The van der Waals surface area contributed by atoms with E-state index in [9.17, 15) is 108 Å². The molecule has 1 aliphatic rings. The Morgan fingerprint density at radius 1 is 0.412 bits per heavy atom. The number of hydrogen-bond donors (Lipinski definition) is 16. The third kappa shape index (κ3) is 32.2. The van der Waals surface area contributed by atoms with Crippen molar-refractivity contribution in [2.45, 2.75) is 157 Å². The summed E-state index contributed by atoms with van der Waals surface area (Å²) in [6.07, 6.45) is -3.03. The van der Waals surface area contributed by atoms with Crippen molar-refractivity contribution in [3.63, 3.8) is 0 Å². The Bertz CT molecular complexity index is 2870. The minimum absolute atomic E-state index is 0.00275. The zero-order valence-corrected chi connectivity index (χ0v) is 56.2. The van der Waals surface area contributed by atoms with Crippen LogP contribution in [0.5, 0.6) is 0 Å². The zero-order chi connectivity index (χ0) is 73.4. The number of amides is 8. The monoisotopic (exact) mass is 1400 g/mol. The summed E-state index contributed by atoms with van der Waals surface area (Å²) < 4.78 is 15.5. The fourth-order valence-corrected chi connectivity index (χ4v) is 14.0. The largest absolute Gasteiger partial charge is 0.481 e. The fraction of sp³-hybridized carbons (Fsp3) is 0.650. The van der Waals surface area contributed by atoms with Crippen LogP contribution >= 0.6 is 10.4 Å². The van der Waals surface area contributed by atoms with Gasteiger partial charge in [-0.25, -0.2) is 24.0 Å². The Balaban J connectivity index is 2.11. The highest BCUT2D eigenvalue weighted by molar-refractivity contribution is 8.31. The second-order valence-electron chi connectivity index (χ2n) is 25.0. The molecule has 0 spiro atoms. The van der Waals surface area contributed by atoms with Crippen LogP contribution in [-0.2, 0) is 62.3 Å². The topological polar surface area (TPSA) is 527 Å². The molecule has 8 amide bonds. The number of hydrogen-bond acceptors (Lipinski definition) is 19. The van der Waals surface area contributed by atoms with Crippen molar-refractivity contribution in [1.29, 1.82) is 0 Å². The van der Waals surface area contributed by atoms with Gasteiger partial charge >= 0.3 is 53.8 Å². The summed E-state index contributed by atoms with van der Waals surface area (Å²) in [5.74, 6) is -15.7. The van der Waals surface area contributed by atoms with Gasteiger partial charge in [0.2, 0.25) is 29.5 Å². The molecule has 546 valence electrons. The van der Waals surface area contributed by atoms with Gasteiger partial charge in [-0.05, 0) is 111 Å². The van der Waals surface area contributed by atoms with Crippen molar-refractivity contribution in [2.75, 3.05) is 98.2 Å². The summed E-state index contributed by atoms with van der Waals surface area (Å²) in [6, 6.07) is -3.53. The van der Waals surface area contributed by atoms with Crippen LogP contribution in [0.1, 0.15) is 123 Å². The summed E-state index contributed by atoms with van der Waals surface area (Å²) in [6.45, 7) is 8.90. The molecule has 2 rings (SSSR count). The molecule has 0 radical (unpaired) electrons. The molecule has 1 fully saturated rings. The number of carbonyl (C=O) groups is 15. The maximum absolute atomic E-state index is 17.1. The highest BCUT2D eigenvalue weighted by Gasteiger charge is 2.48. The molecule has 37 heteroatoms. The summed E-state index contributed by atoms with van der Waals surface area (Å²) >= 11 is 0. The Morgan fingerprint density at radius 3 is 1.19 bits per heavy atom. The Hall–Kier alpha value is -8.81. The first-order chi connectivity index (χ1) is 45.2. The lowest BCUT2D eigenvalue weighted by atomic mass is 10.1. The first-order valence-electron chi connectivity index (χ1n) is 31.3. The number of carboxylic acids is 8. The van der Waals surface area contributed by atoms with E-state index in [1.54, 1.807) is 51.3 Å². The minimum Gasteiger partial charge on any atom is -0.481 e. The van der Waals surface area contributed by atoms with E-state index in [-0.39, 0.29) is 123 Å². The molecule has 1 aliphatic heterocycles. The highest BCUT2D eigenvalue weighted by Crippen LogP contribution is 2.73. The number of carbonyl (C=O) groups excluding carboxylic acids is 7. The third-order valence-electron chi connectivity index (χ3n) is 15.2. The van der Waals surface area contributed by atoms with Gasteiger partial charge in [-0.2, -0.15) is 3.89 Å². The molecule has 1 aromatic rings. The van der Waals surface area contributed by atoms with Crippen LogP contribution in [-0.4, -0.2) is 288 Å². The predicted octanol–water partition coefficient (Wildman–Crippen LogP) is -1.03. The SMILES string of the molecule is CC(C)(C)S(F)(c1ccc(C(=O)NCC(NC(=O)CN2CCN(CC(=O)O)CCN(CC(=O)O)CCN(CC(=O)O)CC2)C(=O)NC(CCCCNC(=O)CCC(=O)NCCC[C@@H](NC(=O)CC[C@H](NC(=O)N[C@@H](CCC(=O)O)C(=O)O)C(=O)O)C(=O)O)C(=O)O)cc1)C(C)(C)C. The van der Waals surface area contributed by atoms with Gasteiger partial charge in [0.15, 0.2) is 0 Å². The summed E-state index contributed by atoms with van der Waals surface area (Å²) in [5.41, 5.74) is 0.0666. The van der Waals surface area contributed by atoms with Crippen molar-refractivity contribution in [3.8, 4) is 0 Å². The number of carboxylic acid groups (broad SMARTS) is 8. The molecule has 1 aromatic carbocycles. The van der Waals surface area contributed by atoms with Crippen LogP contribution in [0, 0.1) is 0 Å². The normalized spacial score (nSPS) is 15.7. The number of nitrogens with zero attached hydrogens (tertiary/aromatic N) is 4. The number of nitrogens with one attached hydrogen (secondary N) is 8. The van der Waals surface area contributed by atoms with Crippen molar-refractivity contribution >= 4 is 99.6 Å². The van der Waals surface area contributed by atoms with Crippen LogP contribution < -0.4 is 42.5 Å². The van der Waals surface area contributed by atoms with Crippen LogP contribution in [0.15, 0.2) is 29.2 Å². The number of aliphatic carboxylic acids is 8. The highest BCUT2D eigenvalue weighted by atomic mass is 32.3. The molecule has 1 saturated heterocycles. The van der Waals surface area contributed by atoms with Gasteiger partial charge in [0, 0.05) is 118 Å². The molecule has 5 atom stereocenters. The molecule has 16 N–H and O–H groups in total. The van der Waals surface area contributed by atoms with Crippen LogP contribution in [0.4, 0.5) is 8.68 Å². The first kappa shape index (κ1) is 84.3. The molecule has 1 heterocycles. The summed E-state index contributed by atoms with van der Waals surface area (Å²) in [7, 11) is -2.99. The molecule has 0 aromatic heterocycles. The Labute approximate surface area is 561 Å². The number of rotatable bonds is 40. The molecular weight excluding hydrogens is 1310 g/mol. The molecular formula is C60H95FN12O23S. The first-order valence-corrected chi connectivity index (χ1v) is 32.8. The lowest BCUT2D eigenvalue weighted by Crippen LogP contribution is -2.57. The quantitative estimate of drug-likeness (QED) is 0.0350. The third-order valence-corrected chi connectivity index (χ3v) is 19.5. The van der Waals surface area contributed by atoms with Crippen molar-refractivity contribution in [3.05, 3.63) is 29.8 Å². The van der Waals surface area contributed by atoms with Gasteiger partial charge in [0.1, 0.15) is 30.2 Å². The van der Waals surface area contributed by atoms with E-state index in [1.165, 1.54) is 34.1 Å². The summed E-state index contributed by atoms with van der Waals surface area (Å²) in [5, 5.41) is 95.0. The number of halogens is 1. The van der Waals surface area contributed by atoms with Gasteiger partial charge in [0.05, 0.1) is 26.2 Å². The van der Waals surface area contributed by atoms with Crippen molar-refractivity contribution < 1.29 is 117 Å². The second kappa shape index (κ2) is 41.3. The van der Waals surface area contributed by atoms with Crippen LogP contribution in [0.25, 0.3) is 0 Å². The van der Waals surface area contributed by atoms with E-state index >= 15 is 3.89 Å². The number of benzene rings is 1. The van der Waals surface area contributed by atoms with E-state index in [1.807, 2.05) is 10.6 Å². The van der Waals surface area contributed by atoms with Gasteiger partial charge in [-0.15, -0.1) is 0 Å². The van der Waals surface area contributed by atoms with E-state index < -0.39 is 191 Å². The number of urea groups is 1.